The molecule has 114 valence electrons. The summed E-state index contributed by atoms with van der Waals surface area (Å²) in [5.74, 6) is -0.280. The van der Waals surface area contributed by atoms with E-state index < -0.39 is 6.10 Å². The van der Waals surface area contributed by atoms with Crippen molar-refractivity contribution in [3.63, 3.8) is 0 Å². The van der Waals surface area contributed by atoms with E-state index in [0.29, 0.717) is 5.65 Å². The first-order chi connectivity index (χ1) is 10.6. The van der Waals surface area contributed by atoms with Crippen LogP contribution in [0.2, 0.25) is 0 Å². The smallest absolute Gasteiger partial charge is 0.291 e. The molecule has 0 fully saturated rings. The van der Waals surface area contributed by atoms with Gasteiger partial charge in [0.15, 0.2) is 5.65 Å². The van der Waals surface area contributed by atoms with Crippen LogP contribution in [0.15, 0.2) is 6.33 Å². The van der Waals surface area contributed by atoms with Gasteiger partial charge in [-0.2, -0.15) is 0 Å². The number of nitrogens with zero attached hydrogens (tertiary/aromatic N) is 4. The van der Waals surface area contributed by atoms with Gasteiger partial charge in [0.1, 0.15) is 11.2 Å². The number of carbonyl (C=O) groups is 1. The molecular weight excluding hydrogens is 302 g/mol. The van der Waals surface area contributed by atoms with E-state index in [9.17, 15) is 9.90 Å². The predicted molar refractivity (Wildman–Crippen MR) is 82.2 cm³/mol. The molecule has 7 nitrogen and oxygen atoms in total. The lowest BCUT2D eigenvalue weighted by Gasteiger charge is -2.03. The Kier molecular flexibility index (Phi) is 3.08. The van der Waals surface area contributed by atoms with E-state index in [1.165, 1.54) is 10.4 Å². The zero-order valence-corrected chi connectivity index (χ0v) is 12.9. The number of hydrogen-bond donors (Lipinski definition) is 2. The maximum absolute atomic E-state index is 12.0. The Balaban J connectivity index is 1.80. The van der Waals surface area contributed by atoms with E-state index in [-0.39, 0.29) is 18.3 Å². The molecule has 22 heavy (non-hydrogen) atoms. The number of rotatable bonds is 3. The van der Waals surface area contributed by atoms with Crippen molar-refractivity contribution in [2.45, 2.75) is 32.3 Å². The van der Waals surface area contributed by atoms with Crippen molar-refractivity contribution in [1.29, 1.82) is 0 Å². The molecule has 0 spiro atoms. The monoisotopic (exact) mass is 317 g/mol. The van der Waals surface area contributed by atoms with Gasteiger partial charge in [0.25, 0.3) is 5.91 Å². The molecular formula is C14H15N5O2S. The lowest BCUT2D eigenvalue weighted by Crippen LogP contribution is -2.31. The lowest BCUT2D eigenvalue weighted by atomic mass is 10.2. The van der Waals surface area contributed by atoms with E-state index in [4.69, 9.17) is 0 Å². The number of hydrogen-bond acceptors (Lipinski definition) is 6. The van der Waals surface area contributed by atoms with Crippen molar-refractivity contribution in [2.75, 3.05) is 6.54 Å². The molecule has 0 aromatic carbocycles. The van der Waals surface area contributed by atoms with Crippen LogP contribution in [0.5, 0.6) is 0 Å². The lowest BCUT2D eigenvalue weighted by molar-refractivity contribution is 0.0914. The predicted octanol–water partition coefficient (Wildman–Crippen LogP) is 0.938. The molecule has 1 aliphatic rings. The van der Waals surface area contributed by atoms with E-state index >= 15 is 0 Å². The van der Waals surface area contributed by atoms with Crippen LogP contribution in [0.1, 0.15) is 34.4 Å². The Labute approximate surface area is 130 Å². The van der Waals surface area contributed by atoms with Gasteiger partial charge in [0, 0.05) is 11.4 Å². The maximum atomic E-state index is 12.0. The molecule has 1 aliphatic carbocycles. The number of carbonyl (C=O) groups excluding carboxylic acids is 1. The minimum atomic E-state index is -0.602. The number of nitrogens with one attached hydrogen (secondary N) is 1. The van der Waals surface area contributed by atoms with E-state index in [1.54, 1.807) is 29.1 Å². The molecule has 0 radical (unpaired) electrons. The normalized spacial score (nSPS) is 15.4. The highest BCUT2D eigenvalue weighted by molar-refractivity contribution is 7.19. The fourth-order valence-electron chi connectivity index (χ4n) is 2.81. The number of aliphatic hydroxyl groups is 1. The summed E-state index contributed by atoms with van der Waals surface area (Å²) < 4.78 is 1.56. The summed E-state index contributed by atoms with van der Waals surface area (Å²) in [5.41, 5.74) is 1.99. The summed E-state index contributed by atoms with van der Waals surface area (Å²) >= 11 is 1.71. The molecule has 0 saturated carbocycles. The van der Waals surface area contributed by atoms with Crippen LogP contribution < -0.4 is 5.32 Å². The number of amides is 1. The molecule has 0 bridgehead atoms. The first-order valence-electron chi connectivity index (χ1n) is 7.25. The second kappa shape index (κ2) is 4.99. The van der Waals surface area contributed by atoms with Gasteiger partial charge in [-0.1, -0.05) is 0 Å². The summed E-state index contributed by atoms with van der Waals surface area (Å²) in [6, 6.07) is 0. The van der Waals surface area contributed by atoms with Gasteiger partial charge in [0.05, 0.1) is 11.5 Å². The minimum absolute atomic E-state index is 0.105. The largest absolute Gasteiger partial charge is 0.392 e. The summed E-state index contributed by atoms with van der Waals surface area (Å²) in [7, 11) is 0. The number of aliphatic hydroxyl groups excluding tert-OH is 1. The second-order valence-corrected chi connectivity index (χ2v) is 6.63. The van der Waals surface area contributed by atoms with Crippen molar-refractivity contribution in [1.82, 2.24) is 24.9 Å². The van der Waals surface area contributed by atoms with Gasteiger partial charge < -0.3 is 10.4 Å². The Morgan fingerprint density at radius 2 is 2.41 bits per heavy atom. The SMILES string of the molecule is C[C@H](O)CNC(=O)c1nc2c3c4c(sc3ncn2n1)CCC4. The highest BCUT2D eigenvalue weighted by atomic mass is 32.1. The van der Waals surface area contributed by atoms with Gasteiger partial charge in [-0.25, -0.2) is 14.5 Å². The molecule has 0 aliphatic heterocycles. The number of aryl methyl sites for hydroxylation is 2. The highest BCUT2D eigenvalue weighted by Crippen LogP contribution is 2.37. The van der Waals surface area contributed by atoms with E-state index in [2.05, 4.69) is 20.4 Å². The first-order valence-corrected chi connectivity index (χ1v) is 8.07. The molecule has 8 heteroatoms. The molecule has 4 rings (SSSR count). The Hall–Kier alpha value is -2.06. The molecule has 3 aromatic heterocycles. The molecule has 1 atom stereocenters. The average Bonchev–Trinajstić information content (AvgIpc) is 3.16. The first kappa shape index (κ1) is 13.6. The van der Waals surface area contributed by atoms with Crippen LogP contribution >= 0.6 is 11.3 Å². The van der Waals surface area contributed by atoms with Crippen LogP contribution in [0.4, 0.5) is 0 Å². The number of fused-ring (bicyclic) bond motifs is 5. The minimum Gasteiger partial charge on any atom is -0.392 e. The second-order valence-electron chi connectivity index (χ2n) is 5.54. The van der Waals surface area contributed by atoms with Gasteiger partial charge in [-0.3, -0.25) is 4.79 Å². The van der Waals surface area contributed by atoms with Gasteiger partial charge in [-0.15, -0.1) is 16.4 Å². The average molecular weight is 317 g/mol. The summed E-state index contributed by atoms with van der Waals surface area (Å²) in [4.78, 5) is 23.2. The van der Waals surface area contributed by atoms with Crippen LogP contribution in [0.25, 0.3) is 15.9 Å². The Morgan fingerprint density at radius 1 is 1.55 bits per heavy atom. The Bertz CT molecular complexity index is 882. The van der Waals surface area contributed by atoms with E-state index in [0.717, 1.165) is 29.5 Å². The molecule has 0 saturated heterocycles. The van der Waals surface area contributed by atoms with Crippen molar-refractivity contribution < 1.29 is 9.90 Å². The highest BCUT2D eigenvalue weighted by Gasteiger charge is 2.23. The van der Waals surface area contributed by atoms with Gasteiger partial charge in [-0.05, 0) is 31.7 Å². The summed E-state index contributed by atoms with van der Waals surface area (Å²) in [6.07, 6.45) is 4.29. The van der Waals surface area contributed by atoms with Crippen LogP contribution in [0.3, 0.4) is 0 Å². The molecule has 0 unspecified atom stereocenters. The molecule has 2 N–H and O–H groups in total. The number of aromatic nitrogens is 4. The quantitative estimate of drug-likeness (QED) is 0.750. The van der Waals surface area contributed by atoms with E-state index in [1.807, 2.05) is 0 Å². The molecule has 3 heterocycles. The fraction of sp³-hybridized carbons (Fsp3) is 0.429. The fourth-order valence-corrected chi connectivity index (χ4v) is 4.03. The zero-order valence-electron chi connectivity index (χ0n) is 12.0. The van der Waals surface area contributed by atoms with Gasteiger partial charge >= 0.3 is 0 Å². The van der Waals surface area contributed by atoms with Crippen LogP contribution in [-0.4, -0.2) is 43.2 Å². The zero-order chi connectivity index (χ0) is 15.3. The number of thiophene rings is 1. The molecule has 3 aromatic rings. The standard InChI is InChI=1S/C14H15N5O2S/c1-7(20)5-15-13(21)11-17-12-10-8-3-2-4-9(8)22-14(10)16-6-19(12)18-11/h6-7,20H,2-5H2,1H3,(H,15,21)/t7-/m0/s1. The third kappa shape index (κ3) is 2.06. The Morgan fingerprint density at radius 3 is 3.23 bits per heavy atom. The third-order valence-corrected chi connectivity index (χ3v) is 5.00. The van der Waals surface area contributed by atoms with Crippen molar-refractivity contribution in [3.8, 4) is 0 Å². The summed E-state index contributed by atoms with van der Waals surface area (Å²) in [6.45, 7) is 1.79. The van der Waals surface area contributed by atoms with Gasteiger partial charge in [0.2, 0.25) is 5.82 Å². The summed E-state index contributed by atoms with van der Waals surface area (Å²) in [5, 5.41) is 17.1. The van der Waals surface area contributed by atoms with Crippen LogP contribution in [0, 0.1) is 0 Å². The molecule has 1 amide bonds. The maximum Gasteiger partial charge on any atom is 0.291 e. The van der Waals surface area contributed by atoms with Crippen molar-refractivity contribution in [2.24, 2.45) is 0 Å². The third-order valence-electron chi connectivity index (χ3n) is 3.80. The van der Waals surface area contributed by atoms with Crippen molar-refractivity contribution in [3.05, 3.63) is 22.6 Å². The van der Waals surface area contributed by atoms with Crippen LogP contribution in [-0.2, 0) is 12.8 Å². The topological polar surface area (TPSA) is 92.4 Å². The van der Waals surface area contributed by atoms with Crippen molar-refractivity contribution >= 4 is 33.1 Å².